The van der Waals surface area contributed by atoms with Crippen LogP contribution in [0.1, 0.15) is 68.5 Å². The molecule has 440 valence electrons. The molecule has 2 spiro atoms. The van der Waals surface area contributed by atoms with E-state index in [9.17, 15) is 0 Å². The molecule has 0 N–H and O–H groups in total. The molecule has 0 fully saturated rings. The second-order valence-electron chi connectivity index (χ2n) is 27.7. The first-order valence-corrected chi connectivity index (χ1v) is 34.2. The molecule has 0 nitrogen and oxygen atoms in total. The molecule has 16 aromatic carbocycles. The first kappa shape index (κ1) is 51.5. The summed E-state index contributed by atoms with van der Waals surface area (Å²) in [5, 5.41) is 10.5. The molecular formula is C96H56. The van der Waals surface area contributed by atoms with Gasteiger partial charge in [0.1, 0.15) is 0 Å². The molecule has 0 atom stereocenters. The van der Waals surface area contributed by atoms with E-state index >= 15 is 0 Å². The Bertz CT molecular complexity index is 6280. The molecule has 0 aromatic heterocycles. The monoisotopic (exact) mass is 1210 g/mol. The number of allylic oxidation sites excluding steroid dienone is 4. The summed E-state index contributed by atoms with van der Waals surface area (Å²) in [5.41, 5.74) is 41.8. The van der Waals surface area contributed by atoms with Crippen LogP contribution in [-0.2, 0) is 10.8 Å². The maximum Gasteiger partial charge on any atom is 0.0726 e. The third-order valence-electron chi connectivity index (χ3n) is 23.7. The van der Waals surface area contributed by atoms with Gasteiger partial charge in [0.15, 0.2) is 0 Å². The van der Waals surface area contributed by atoms with Gasteiger partial charge in [0.2, 0.25) is 0 Å². The zero-order valence-corrected chi connectivity index (χ0v) is 52.4. The van der Waals surface area contributed by atoms with Gasteiger partial charge in [-0.3, -0.25) is 0 Å². The highest BCUT2D eigenvalue weighted by molar-refractivity contribution is 6.28. The topological polar surface area (TPSA) is 0 Å². The molecule has 0 saturated heterocycles. The lowest BCUT2D eigenvalue weighted by molar-refractivity contribution is 0.794. The Morgan fingerprint density at radius 1 is 0.188 bits per heavy atom. The molecule has 0 radical (unpaired) electrons. The highest BCUT2D eigenvalue weighted by atomic mass is 14.6. The molecule has 16 aromatic rings. The molecular weight excluding hydrogens is 1150 g/mol. The largest absolute Gasteiger partial charge is 0.0726 e. The van der Waals surface area contributed by atoms with Crippen molar-refractivity contribution < 1.29 is 0 Å². The number of rotatable bonds is 4. The van der Waals surface area contributed by atoms with E-state index in [1.54, 1.807) is 0 Å². The van der Waals surface area contributed by atoms with Crippen LogP contribution in [-0.4, -0.2) is 0 Å². The average molecular weight is 1210 g/mol. The Kier molecular flexibility index (Phi) is 9.91. The van der Waals surface area contributed by atoms with E-state index in [4.69, 9.17) is 0 Å². The van der Waals surface area contributed by atoms with Gasteiger partial charge in [-0.25, -0.2) is 0 Å². The molecule has 0 heterocycles. The fourth-order valence-electron chi connectivity index (χ4n) is 20.2. The van der Waals surface area contributed by atoms with Crippen LogP contribution >= 0.6 is 0 Å². The van der Waals surface area contributed by atoms with E-state index in [1.807, 2.05) is 0 Å². The van der Waals surface area contributed by atoms with E-state index in [2.05, 4.69) is 315 Å². The van der Waals surface area contributed by atoms with Crippen molar-refractivity contribution in [2.24, 2.45) is 0 Å². The summed E-state index contributed by atoms with van der Waals surface area (Å²) in [6.45, 7) is 0. The summed E-state index contributed by atoms with van der Waals surface area (Å²) in [5.74, 6) is 0. The first-order chi connectivity index (χ1) is 47.7. The summed E-state index contributed by atoms with van der Waals surface area (Å²) in [6, 6.07) is 117. The second-order valence-corrected chi connectivity index (χ2v) is 27.7. The highest BCUT2D eigenvalue weighted by Crippen LogP contribution is 2.69. The van der Waals surface area contributed by atoms with Crippen LogP contribution in [0.2, 0.25) is 0 Å². The minimum atomic E-state index is -0.546. The SMILES string of the molecule is C1=C(c2ccc3c(c2)C2(c4ccccc4-c4ccccc42)c2cc4c5c(cccc5c2-3)-c2cc3ccccc3c(-c3ccccc3)c2-4)CCC(c2ccccc2-c2c3c(cc4ccccc24)-c2cccc4c5c(cc-3c24)C2(c3ccccc3-c3ccccc32)c2ccccc2-5)=C1. The molecule has 0 amide bonds. The molecule has 7 aliphatic carbocycles. The van der Waals surface area contributed by atoms with Crippen molar-refractivity contribution in [3.8, 4) is 111 Å². The normalized spacial score (nSPS) is 14.9. The Hall–Kier alpha value is -12.0. The van der Waals surface area contributed by atoms with Gasteiger partial charge in [0, 0.05) is 0 Å². The molecule has 0 heteroatoms. The van der Waals surface area contributed by atoms with Crippen LogP contribution in [0.25, 0.3) is 166 Å². The molecule has 23 rings (SSSR count). The lowest BCUT2D eigenvalue weighted by atomic mass is 9.69. The number of fused-ring (bicyclic) bond motifs is 30. The number of benzene rings is 16. The second kappa shape index (κ2) is 18.5. The molecule has 0 aliphatic heterocycles. The molecule has 0 bridgehead atoms. The summed E-state index contributed by atoms with van der Waals surface area (Å²) in [6.07, 6.45) is 6.78. The summed E-state index contributed by atoms with van der Waals surface area (Å²) in [7, 11) is 0. The average Bonchev–Trinajstić information content (AvgIpc) is 1.50. The van der Waals surface area contributed by atoms with Gasteiger partial charge in [-0.15, -0.1) is 0 Å². The Morgan fingerprint density at radius 3 is 1.12 bits per heavy atom. The molecule has 7 aliphatic rings. The molecule has 0 unspecified atom stereocenters. The van der Waals surface area contributed by atoms with Crippen molar-refractivity contribution >= 4 is 54.2 Å². The van der Waals surface area contributed by atoms with Crippen molar-refractivity contribution in [1.29, 1.82) is 0 Å². The van der Waals surface area contributed by atoms with Crippen molar-refractivity contribution in [3.05, 3.63) is 371 Å². The van der Waals surface area contributed by atoms with Crippen LogP contribution in [0.4, 0.5) is 0 Å². The van der Waals surface area contributed by atoms with Crippen molar-refractivity contribution in [2.75, 3.05) is 0 Å². The van der Waals surface area contributed by atoms with E-state index < -0.39 is 10.8 Å². The smallest absolute Gasteiger partial charge is 0.0622 e. The predicted octanol–water partition coefficient (Wildman–Crippen LogP) is 24.9. The number of hydrogen-bond donors (Lipinski definition) is 0. The minimum absolute atomic E-state index is 0.463. The summed E-state index contributed by atoms with van der Waals surface area (Å²) < 4.78 is 0. The first-order valence-electron chi connectivity index (χ1n) is 34.2. The van der Waals surface area contributed by atoms with Crippen LogP contribution in [0, 0.1) is 0 Å². The zero-order valence-electron chi connectivity index (χ0n) is 52.4. The van der Waals surface area contributed by atoms with Crippen LogP contribution in [0.5, 0.6) is 0 Å². The maximum absolute atomic E-state index is 2.65. The fourth-order valence-corrected chi connectivity index (χ4v) is 20.2. The lowest BCUT2D eigenvalue weighted by Gasteiger charge is -2.31. The number of hydrogen-bond acceptors (Lipinski definition) is 0. The van der Waals surface area contributed by atoms with Crippen molar-refractivity contribution in [3.63, 3.8) is 0 Å². The summed E-state index contributed by atoms with van der Waals surface area (Å²) >= 11 is 0. The van der Waals surface area contributed by atoms with Gasteiger partial charge in [0.25, 0.3) is 0 Å². The minimum Gasteiger partial charge on any atom is -0.0622 e. The summed E-state index contributed by atoms with van der Waals surface area (Å²) in [4.78, 5) is 0. The maximum atomic E-state index is 2.65. The molecule has 0 saturated carbocycles. The highest BCUT2D eigenvalue weighted by Gasteiger charge is 2.55. The fraction of sp³-hybridized carbons (Fsp3) is 0.0417. The van der Waals surface area contributed by atoms with E-state index in [0.29, 0.717) is 0 Å². The van der Waals surface area contributed by atoms with Gasteiger partial charge < -0.3 is 0 Å². The van der Waals surface area contributed by atoms with Crippen molar-refractivity contribution in [1.82, 2.24) is 0 Å². The third kappa shape index (κ3) is 6.19. The molecule has 96 heavy (non-hydrogen) atoms. The van der Waals surface area contributed by atoms with Gasteiger partial charge in [-0.2, -0.15) is 0 Å². The Morgan fingerprint density at radius 2 is 0.583 bits per heavy atom. The van der Waals surface area contributed by atoms with E-state index in [1.165, 1.54) is 221 Å². The van der Waals surface area contributed by atoms with Crippen molar-refractivity contribution in [2.45, 2.75) is 23.7 Å². The quantitative estimate of drug-likeness (QED) is 0.165. The zero-order chi connectivity index (χ0) is 62.3. The Labute approximate surface area is 556 Å². The van der Waals surface area contributed by atoms with Gasteiger partial charge in [-0.05, 0) is 264 Å². The standard InChI is InChI=1S/C96H56/c1-2-22-57(23-3-1)87-62-27-6-4-24-59(62)50-75-69-35-20-38-74-88(69)77(93(75)87)53-86-91(74)72-49-48-58(52-84(72)96(86)81-41-17-12-31-66(81)67-32-13-18-42-82(67)96)55-44-46-56(47-45-55)61-26-8-9-33-68(61)92-63-28-7-5-25-60(63)51-76-70-36-21-37-73-89(70)78(94(76)92)54-85-90(73)71-34-14-19-43-83(71)95(85)79-39-15-10-29-64(79)65-30-11-16-40-80(65)95/h1-44,46,48-54H,45,47H2. The van der Waals surface area contributed by atoms with E-state index in [-0.39, 0.29) is 0 Å². The third-order valence-corrected chi connectivity index (χ3v) is 23.7. The van der Waals surface area contributed by atoms with Crippen LogP contribution < -0.4 is 0 Å². The lowest BCUT2D eigenvalue weighted by Crippen LogP contribution is -2.26. The van der Waals surface area contributed by atoms with Gasteiger partial charge >= 0.3 is 0 Å². The van der Waals surface area contributed by atoms with Crippen LogP contribution in [0.3, 0.4) is 0 Å². The van der Waals surface area contributed by atoms with E-state index in [0.717, 1.165) is 12.8 Å². The van der Waals surface area contributed by atoms with Gasteiger partial charge in [0.05, 0.1) is 10.8 Å². The van der Waals surface area contributed by atoms with Gasteiger partial charge in [-0.1, -0.05) is 285 Å². The Balaban J connectivity index is 0.707. The van der Waals surface area contributed by atoms with Crippen LogP contribution in [0.15, 0.2) is 315 Å². The predicted molar refractivity (Wildman–Crippen MR) is 400 cm³/mol.